The van der Waals surface area contributed by atoms with Gasteiger partial charge in [-0.2, -0.15) is 0 Å². The third kappa shape index (κ3) is 6.47. The summed E-state index contributed by atoms with van der Waals surface area (Å²) in [5.41, 5.74) is 2.68. The zero-order valence-corrected chi connectivity index (χ0v) is 18.7. The Morgan fingerprint density at radius 1 is 1.16 bits per heavy atom. The van der Waals surface area contributed by atoms with Crippen LogP contribution in [-0.2, 0) is 4.79 Å². The average molecular weight is 439 g/mol. The van der Waals surface area contributed by atoms with Crippen molar-refractivity contribution in [2.24, 2.45) is 0 Å². The highest BCUT2D eigenvalue weighted by Gasteiger charge is 2.18. The third-order valence-electron chi connectivity index (χ3n) is 4.82. The molecule has 0 bridgehead atoms. The molecule has 2 aromatic carbocycles. The van der Waals surface area contributed by atoms with E-state index in [1.54, 1.807) is 36.3 Å². The number of thiazole rings is 1. The maximum atomic E-state index is 12.8. The molecule has 0 radical (unpaired) electrons. The molecular weight excluding hydrogens is 412 g/mol. The Morgan fingerprint density at radius 2 is 1.90 bits per heavy atom. The molecule has 0 aliphatic carbocycles. The SMILES string of the molecule is Cc1ccc(C(CCN(C)CC(=O)O)Oc2cccc(C(=O)c3ncc(C)s3)c2)cc1. The van der Waals surface area contributed by atoms with E-state index < -0.39 is 5.97 Å². The number of carboxylic acids is 1. The minimum atomic E-state index is -0.862. The number of aliphatic carboxylic acids is 1. The van der Waals surface area contributed by atoms with E-state index in [1.807, 2.05) is 44.2 Å². The van der Waals surface area contributed by atoms with Crippen LogP contribution in [-0.4, -0.2) is 46.9 Å². The van der Waals surface area contributed by atoms with E-state index in [-0.39, 0.29) is 18.4 Å². The number of carboxylic acid groups (broad SMARTS) is 1. The molecular formula is C24H26N2O4S. The molecule has 0 amide bonds. The van der Waals surface area contributed by atoms with E-state index in [1.165, 1.54) is 11.3 Å². The minimum absolute atomic E-state index is 0.0299. The topological polar surface area (TPSA) is 79.7 Å². The van der Waals surface area contributed by atoms with E-state index in [4.69, 9.17) is 9.84 Å². The minimum Gasteiger partial charge on any atom is -0.486 e. The summed E-state index contributed by atoms with van der Waals surface area (Å²) in [6.45, 7) is 4.47. The number of carbonyl (C=O) groups excluding carboxylic acids is 1. The van der Waals surface area contributed by atoms with Gasteiger partial charge in [-0.3, -0.25) is 14.5 Å². The molecule has 1 unspecified atom stereocenters. The molecule has 6 nitrogen and oxygen atoms in total. The first-order valence-electron chi connectivity index (χ1n) is 10.0. The number of ether oxygens (including phenoxy) is 1. The molecule has 162 valence electrons. The fraction of sp³-hybridized carbons (Fsp3) is 0.292. The lowest BCUT2D eigenvalue weighted by Gasteiger charge is -2.23. The highest BCUT2D eigenvalue weighted by Crippen LogP contribution is 2.27. The predicted molar refractivity (Wildman–Crippen MR) is 121 cm³/mol. The molecule has 0 spiro atoms. The lowest BCUT2D eigenvalue weighted by molar-refractivity contribution is -0.138. The first-order valence-corrected chi connectivity index (χ1v) is 10.8. The lowest BCUT2D eigenvalue weighted by Crippen LogP contribution is -2.28. The van der Waals surface area contributed by atoms with E-state index in [9.17, 15) is 9.59 Å². The quantitative estimate of drug-likeness (QED) is 0.469. The summed E-state index contributed by atoms with van der Waals surface area (Å²) in [7, 11) is 1.77. The zero-order chi connectivity index (χ0) is 22.4. The summed E-state index contributed by atoms with van der Waals surface area (Å²) < 4.78 is 6.28. The molecule has 0 saturated carbocycles. The van der Waals surface area contributed by atoms with Gasteiger partial charge in [0.2, 0.25) is 5.78 Å². The smallest absolute Gasteiger partial charge is 0.317 e. The Kier molecular flexibility index (Phi) is 7.55. The van der Waals surface area contributed by atoms with E-state index in [2.05, 4.69) is 4.98 Å². The maximum Gasteiger partial charge on any atom is 0.317 e. The largest absolute Gasteiger partial charge is 0.486 e. The summed E-state index contributed by atoms with van der Waals surface area (Å²) in [4.78, 5) is 30.6. The normalized spacial score (nSPS) is 12.0. The van der Waals surface area contributed by atoms with Gasteiger partial charge in [0.05, 0.1) is 6.54 Å². The first kappa shape index (κ1) is 22.7. The Labute approximate surface area is 186 Å². The van der Waals surface area contributed by atoms with Gasteiger partial charge in [0.25, 0.3) is 0 Å². The number of hydrogen-bond acceptors (Lipinski definition) is 6. The summed E-state index contributed by atoms with van der Waals surface area (Å²) in [5.74, 6) is -0.402. The molecule has 0 fully saturated rings. The standard InChI is InChI=1S/C24H26N2O4S/c1-16-7-9-18(10-8-16)21(11-12-26(3)15-22(27)28)30-20-6-4-5-19(13-20)23(29)24-25-14-17(2)31-24/h4-10,13-14,21H,11-12,15H2,1-3H3,(H,27,28). The summed E-state index contributed by atoms with van der Waals surface area (Å²) in [6, 6.07) is 15.2. The third-order valence-corrected chi connectivity index (χ3v) is 5.73. The van der Waals surface area contributed by atoms with Gasteiger partial charge in [0.15, 0.2) is 5.01 Å². The maximum absolute atomic E-state index is 12.8. The zero-order valence-electron chi connectivity index (χ0n) is 17.9. The Hall–Kier alpha value is -3.03. The average Bonchev–Trinajstić information content (AvgIpc) is 3.17. The van der Waals surface area contributed by atoms with Crippen LogP contribution in [0.25, 0.3) is 0 Å². The second-order valence-electron chi connectivity index (χ2n) is 7.57. The van der Waals surface area contributed by atoms with Crippen molar-refractivity contribution in [3.63, 3.8) is 0 Å². The van der Waals surface area contributed by atoms with E-state index in [0.717, 1.165) is 16.0 Å². The molecule has 0 aliphatic heterocycles. The van der Waals surface area contributed by atoms with Crippen molar-refractivity contribution in [1.82, 2.24) is 9.88 Å². The van der Waals surface area contributed by atoms with Crippen molar-refractivity contribution >= 4 is 23.1 Å². The second-order valence-corrected chi connectivity index (χ2v) is 8.81. The number of hydrogen-bond donors (Lipinski definition) is 1. The molecule has 31 heavy (non-hydrogen) atoms. The highest BCUT2D eigenvalue weighted by molar-refractivity contribution is 7.13. The van der Waals surface area contributed by atoms with Crippen LogP contribution in [0.2, 0.25) is 0 Å². The van der Waals surface area contributed by atoms with Crippen LogP contribution >= 0.6 is 11.3 Å². The van der Waals surface area contributed by atoms with Crippen molar-refractivity contribution in [2.75, 3.05) is 20.1 Å². The van der Waals surface area contributed by atoms with Crippen LogP contribution in [0.4, 0.5) is 0 Å². The number of ketones is 1. The number of rotatable bonds is 10. The molecule has 3 rings (SSSR count). The molecule has 7 heteroatoms. The Bertz CT molecular complexity index is 1050. The van der Waals surface area contributed by atoms with Gasteiger partial charge in [0.1, 0.15) is 11.9 Å². The van der Waals surface area contributed by atoms with Crippen LogP contribution < -0.4 is 4.74 Å². The molecule has 0 aliphatic rings. The monoisotopic (exact) mass is 438 g/mol. The van der Waals surface area contributed by atoms with Crippen LogP contribution in [0.3, 0.4) is 0 Å². The lowest BCUT2D eigenvalue weighted by atomic mass is 10.0. The van der Waals surface area contributed by atoms with Crippen LogP contribution in [0.5, 0.6) is 5.75 Å². The molecule has 1 N–H and O–H groups in total. The number of nitrogens with zero attached hydrogens (tertiary/aromatic N) is 2. The fourth-order valence-corrected chi connectivity index (χ4v) is 3.91. The van der Waals surface area contributed by atoms with Crippen LogP contribution in [0, 0.1) is 13.8 Å². The van der Waals surface area contributed by atoms with E-state index >= 15 is 0 Å². The van der Waals surface area contributed by atoms with Crippen molar-refractivity contribution < 1.29 is 19.4 Å². The molecule has 3 aromatic rings. The van der Waals surface area contributed by atoms with Crippen molar-refractivity contribution in [1.29, 1.82) is 0 Å². The molecule has 1 heterocycles. The van der Waals surface area contributed by atoms with Gasteiger partial charge in [0, 0.05) is 29.6 Å². The summed E-state index contributed by atoms with van der Waals surface area (Å²) >= 11 is 1.37. The van der Waals surface area contributed by atoms with Gasteiger partial charge >= 0.3 is 5.97 Å². The highest BCUT2D eigenvalue weighted by atomic mass is 32.1. The van der Waals surface area contributed by atoms with Gasteiger partial charge in [-0.15, -0.1) is 11.3 Å². The molecule has 0 saturated heterocycles. The fourth-order valence-electron chi connectivity index (χ4n) is 3.18. The van der Waals surface area contributed by atoms with Crippen LogP contribution in [0.1, 0.15) is 43.9 Å². The summed E-state index contributed by atoms with van der Waals surface area (Å²) in [6.07, 6.45) is 2.03. The number of likely N-dealkylation sites (N-methyl/N-ethyl adjacent to an activating group) is 1. The summed E-state index contributed by atoms with van der Waals surface area (Å²) in [5, 5.41) is 9.46. The van der Waals surface area contributed by atoms with Crippen LogP contribution in [0.15, 0.2) is 54.7 Å². The van der Waals surface area contributed by atoms with Crippen molar-refractivity contribution in [2.45, 2.75) is 26.4 Å². The van der Waals surface area contributed by atoms with Gasteiger partial charge < -0.3 is 9.84 Å². The van der Waals surface area contributed by atoms with Crippen molar-refractivity contribution in [3.8, 4) is 5.75 Å². The van der Waals surface area contributed by atoms with Gasteiger partial charge in [-0.05, 0) is 38.6 Å². The number of aryl methyl sites for hydroxylation is 2. The molecule has 1 aromatic heterocycles. The number of aromatic nitrogens is 1. The van der Waals surface area contributed by atoms with Crippen molar-refractivity contribution in [3.05, 3.63) is 81.3 Å². The number of carbonyl (C=O) groups is 2. The first-order chi connectivity index (χ1) is 14.8. The second kappa shape index (κ2) is 10.3. The number of benzene rings is 2. The van der Waals surface area contributed by atoms with Gasteiger partial charge in [-0.1, -0.05) is 42.0 Å². The van der Waals surface area contributed by atoms with E-state index in [0.29, 0.717) is 29.3 Å². The Balaban J connectivity index is 1.79. The predicted octanol–water partition coefficient (Wildman–Crippen LogP) is 4.52. The Morgan fingerprint density at radius 3 is 2.55 bits per heavy atom. The molecule has 1 atom stereocenters. The van der Waals surface area contributed by atoms with Gasteiger partial charge in [-0.25, -0.2) is 4.98 Å².